The monoisotopic (exact) mass is 254 g/mol. The average molecular weight is 254 g/mol. The summed E-state index contributed by atoms with van der Waals surface area (Å²) in [5.74, 6) is 0.0450. The van der Waals surface area contributed by atoms with Crippen LogP contribution < -0.4 is 4.74 Å². The van der Waals surface area contributed by atoms with Crippen LogP contribution in [0.3, 0.4) is 0 Å². The molecule has 5 heteroatoms. The second-order valence-corrected chi connectivity index (χ2v) is 4.45. The topological polar surface area (TPSA) is 52.6 Å². The fourth-order valence-electron chi connectivity index (χ4n) is 1.06. The standard InChI is InChI=1S/C12H14O4S/c1-3-15-11(13)9(2)17-12(14)16-10-7-5-4-6-8-10/h4-9H,3H2,1-2H3. The lowest BCUT2D eigenvalue weighted by Crippen LogP contribution is -2.19. The van der Waals surface area contributed by atoms with Gasteiger partial charge in [0.1, 0.15) is 11.0 Å². The number of carbonyl (C=O) groups is 2. The predicted molar refractivity (Wildman–Crippen MR) is 66.2 cm³/mol. The fraction of sp³-hybridized carbons (Fsp3) is 0.333. The Morgan fingerprint density at radius 1 is 1.29 bits per heavy atom. The largest absolute Gasteiger partial charge is 0.465 e. The third-order valence-corrected chi connectivity index (χ3v) is 2.66. The van der Waals surface area contributed by atoms with Gasteiger partial charge in [0.25, 0.3) is 0 Å². The fourth-order valence-corrected chi connectivity index (χ4v) is 1.66. The summed E-state index contributed by atoms with van der Waals surface area (Å²) < 4.78 is 9.82. The Labute approximate surface area is 104 Å². The molecule has 0 radical (unpaired) electrons. The van der Waals surface area contributed by atoms with Crippen molar-refractivity contribution in [1.29, 1.82) is 0 Å². The average Bonchev–Trinajstić information content (AvgIpc) is 2.30. The van der Waals surface area contributed by atoms with E-state index in [2.05, 4.69) is 0 Å². The van der Waals surface area contributed by atoms with Crippen LogP contribution in [0.5, 0.6) is 5.75 Å². The molecule has 0 heterocycles. The van der Waals surface area contributed by atoms with Crippen molar-refractivity contribution in [2.75, 3.05) is 6.61 Å². The SMILES string of the molecule is CCOC(=O)C(C)SC(=O)Oc1ccccc1. The Bertz CT molecular complexity index is 377. The van der Waals surface area contributed by atoms with Gasteiger partial charge in [0.15, 0.2) is 0 Å². The molecule has 0 aliphatic heterocycles. The molecule has 0 aromatic heterocycles. The van der Waals surface area contributed by atoms with Crippen molar-refractivity contribution in [1.82, 2.24) is 0 Å². The summed E-state index contributed by atoms with van der Waals surface area (Å²) in [4.78, 5) is 22.7. The van der Waals surface area contributed by atoms with E-state index in [4.69, 9.17) is 9.47 Å². The summed E-state index contributed by atoms with van der Waals surface area (Å²) >= 11 is 0.807. The van der Waals surface area contributed by atoms with E-state index >= 15 is 0 Å². The van der Waals surface area contributed by atoms with E-state index in [0.29, 0.717) is 12.4 Å². The van der Waals surface area contributed by atoms with Gasteiger partial charge in [-0.1, -0.05) is 18.2 Å². The van der Waals surface area contributed by atoms with Gasteiger partial charge < -0.3 is 9.47 Å². The van der Waals surface area contributed by atoms with Crippen molar-refractivity contribution in [3.63, 3.8) is 0 Å². The highest BCUT2D eigenvalue weighted by atomic mass is 32.2. The highest BCUT2D eigenvalue weighted by Gasteiger charge is 2.20. The van der Waals surface area contributed by atoms with E-state index in [0.717, 1.165) is 11.8 Å². The van der Waals surface area contributed by atoms with Gasteiger partial charge in [-0.05, 0) is 37.7 Å². The van der Waals surface area contributed by atoms with Crippen LogP contribution in [0.15, 0.2) is 30.3 Å². The summed E-state index contributed by atoms with van der Waals surface area (Å²) in [6.45, 7) is 3.63. The normalized spacial score (nSPS) is 11.6. The van der Waals surface area contributed by atoms with Crippen LogP contribution >= 0.6 is 11.8 Å². The molecule has 4 nitrogen and oxygen atoms in total. The van der Waals surface area contributed by atoms with Crippen LogP contribution in [-0.2, 0) is 9.53 Å². The molecule has 0 aliphatic carbocycles. The molecule has 0 amide bonds. The molecule has 0 aliphatic rings. The summed E-state index contributed by atoms with van der Waals surface area (Å²) in [7, 11) is 0. The molecular formula is C12H14O4S. The van der Waals surface area contributed by atoms with Gasteiger partial charge in [-0.3, -0.25) is 4.79 Å². The van der Waals surface area contributed by atoms with Crippen LogP contribution in [0.4, 0.5) is 4.79 Å². The van der Waals surface area contributed by atoms with Crippen LogP contribution in [-0.4, -0.2) is 23.1 Å². The molecule has 17 heavy (non-hydrogen) atoms. The third-order valence-electron chi connectivity index (χ3n) is 1.84. The molecule has 0 fully saturated rings. The first-order valence-electron chi connectivity index (χ1n) is 5.23. The Morgan fingerprint density at radius 3 is 2.53 bits per heavy atom. The van der Waals surface area contributed by atoms with Crippen LogP contribution in [0, 0.1) is 0 Å². The van der Waals surface area contributed by atoms with E-state index in [9.17, 15) is 9.59 Å². The van der Waals surface area contributed by atoms with E-state index < -0.39 is 16.5 Å². The Morgan fingerprint density at radius 2 is 1.94 bits per heavy atom. The lowest BCUT2D eigenvalue weighted by molar-refractivity contribution is -0.142. The number of hydrogen-bond acceptors (Lipinski definition) is 5. The molecule has 1 aromatic rings. The smallest absolute Gasteiger partial charge is 0.373 e. The highest BCUT2D eigenvalue weighted by Crippen LogP contribution is 2.18. The molecule has 0 N–H and O–H groups in total. The molecule has 1 unspecified atom stereocenters. The molecule has 0 saturated carbocycles. The Hall–Kier alpha value is -1.49. The van der Waals surface area contributed by atoms with E-state index in [1.54, 1.807) is 38.1 Å². The number of carbonyl (C=O) groups excluding carboxylic acids is 2. The minimum atomic E-state index is -0.564. The van der Waals surface area contributed by atoms with Crippen molar-refractivity contribution in [3.8, 4) is 5.75 Å². The molecule has 1 rings (SSSR count). The first kappa shape index (κ1) is 13.6. The van der Waals surface area contributed by atoms with Crippen LogP contribution in [0.2, 0.25) is 0 Å². The number of benzene rings is 1. The lowest BCUT2D eigenvalue weighted by Gasteiger charge is -2.09. The van der Waals surface area contributed by atoms with E-state index in [-0.39, 0.29) is 0 Å². The first-order valence-corrected chi connectivity index (χ1v) is 6.11. The second-order valence-electron chi connectivity index (χ2n) is 3.18. The van der Waals surface area contributed by atoms with Gasteiger partial charge >= 0.3 is 11.3 Å². The number of esters is 1. The molecule has 0 spiro atoms. The number of ether oxygens (including phenoxy) is 2. The number of rotatable bonds is 4. The molecule has 92 valence electrons. The molecule has 0 bridgehead atoms. The Balaban J connectivity index is 2.42. The maximum absolute atomic E-state index is 11.5. The van der Waals surface area contributed by atoms with Crippen molar-refractivity contribution < 1.29 is 19.1 Å². The van der Waals surface area contributed by atoms with Crippen LogP contribution in [0.1, 0.15) is 13.8 Å². The van der Waals surface area contributed by atoms with Gasteiger partial charge in [-0.25, -0.2) is 4.79 Å². The van der Waals surface area contributed by atoms with Gasteiger partial charge in [0.2, 0.25) is 0 Å². The maximum atomic E-state index is 11.5. The molecule has 0 saturated heterocycles. The molecular weight excluding hydrogens is 240 g/mol. The van der Waals surface area contributed by atoms with Crippen LogP contribution in [0.25, 0.3) is 0 Å². The highest BCUT2D eigenvalue weighted by molar-refractivity contribution is 8.14. The van der Waals surface area contributed by atoms with Gasteiger partial charge in [0, 0.05) is 0 Å². The van der Waals surface area contributed by atoms with Gasteiger partial charge in [-0.2, -0.15) is 0 Å². The zero-order valence-electron chi connectivity index (χ0n) is 9.71. The third kappa shape index (κ3) is 4.91. The molecule has 1 atom stereocenters. The zero-order valence-corrected chi connectivity index (χ0v) is 10.5. The van der Waals surface area contributed by atoms with Gasteiger partial charge in [0.05, 0.1) is 6.61 Å². The summed E-state index contributed by atoms with van der Waals surface area (Å²) in [5, 5.41) is -1.08. The van der Waals surface area contributed by atoms with E-state index in [1.807, 2.05) is 6.07 Å². The predicted octanol–water partition coefficient (Wildman–Crippen LogP) is 2.87. The second kappa shape index (κ2) is 6.96. The van der Waals surface area contributed by atoms with E-state index in [1.165, 1.54) is 0 Å². The first-order chi connectivity index (χ1) is 8.13. The van der Waals surface area contributed by atoms with Gasteiger partial charge in [-0.15, -0.1) is 0 Å². The number of thioether (sulfide) groups is 1. The minimum absolute atomic E-state index is 0.303. The summed E-state index contributed by atoms with van der Waals surface area (Å²) in [6.07, 6.45) is 0. The lowest BCUT2D eigenvalue weighted by atomic mass is 10.3. The van der Waals surface area contributed by atoms with Crippen molar-refractivity contribution in [2.24, 2.45) is 0 Å². The quantitative estimate of drug-likeness (QED) is 0.773. The van der Waals surface area contributed by atoms with Crippen molar-refractivity contribution >= 4 is 23.0 Å². The Kier molecular flexibility index (Phi) is 5.56. The summed E-state index contributed by atoms with van der Waals surface area (Å²) in [6, 6.07) is 8.71. The number of para-hydroxylation sites is 1. The maximum Gasteiger partial charge on any atom is 0.373 e. The van der Waals surface area contributed by atoms with Crippen molar-refractivity contribution in [3.05, 3.63) is 30.3 Å². The molecule has 1 aromatic carbocycles. The number of hydrogen-bond donors (Lipinski definition) is 0. The zero-order chi connectivity index (χ0) is 12.7. The minimum Gasteiger partial charge on any atom is -0.465 e. The summed E-state index contributed by atoms with van der Waals surface area (Å²) in [5.41, 5.74) is 0. The van der Waals surface area contributed by atoms with Crippen molar-refractivity contribution in [2.45, 2.75) is 19.1 Å².